The van der Waals surface area contributed by atoms with E-state index in [1.807, 2.05) is 39.8 Å². The quantitative estimate of drug-likeness (QED) is 0.701. The van der Waals surface area contributed by atoms with Gasteiger partial charge in [-0.3, -0.25) is 9.78 Å². The van der Waals surface area contributed by atoms with Crippen LogP contribution < -0.4 is 0 Å². The van der Waals surface area contributed by atoms with Crippen molar-refractivity contribution in [2.24, 2.45) is 0 Å². The van der Waals surface area contributed by atoms with Gasteiger partial charge in [-0.2, -0.15) is 0 Å². The van der Waals surface area contributed by atoms with Crippen LogP contribution in [0.1, 0.15) is 6.42 Å². The highest BCUT2D eigenvalue weighted by Gasteiger charge is 2.21. The fourth-order valence-electron chi connectivity index (χ4n) is 2.89. The number of pyridine rings is 1. The molecule has 0 bridgehead atoms. The van der Waals surface area contributed by atoms with Crippen molar-refractivity contribution >= 4 is 40.1 Å². The van der Waals surface area contributed by atoms with Gasteiger partial charge in [0.05, 0.1) is 10.5 Å². The summed E-state index contributed by atoms with van der Waals surface area (Å²) in [5, 5.41) is 1.23. The van der Waals surface area contributed by atoms with Crippen LogP contribution in [0.3, 0.4) is 0 Å². The summed E-state index contributed by atoms with van der Waals surface area (Å²) in [5.41, 5.74) is 3.48. The van der Waals surface area contributed by atoms with Gasteiger partial charge in [0.25, 0.3) is 0 Å². The van der Waals surface area contributed by atoms with Gasteiger partial charge >= 0.3 is 0 Å². The van der Waals surface area contributed by atoms with E-state index in [-0.39, 0.29) is 12.5 Å². The Kier molecular flexibility index (Phi) is 3.94. The lowest BCUT2D eigenvalue weighted by molar-refractivity contribution is -0.135. The maximum absolute atomic E-state index is 12.3. The van der Waals surface area contributed by atoms with E-state index in [1.54, 1.807) is 12.4 Å². The molecule has 0 radical (unpaired) electrons. The predicted octanol–water partition coefficient (Wildman–Crippen LogP) is 4.24. The number of benzene rings is 1. The number of nitrogens with zero attached hydrogens (tertiary/aromatic N) is 3. The van der Waals surface area contributed by atoms with Crippen molar-refractivity contribution in [1.82, 2.24) is 14.5 Å². The molecule has 0 atom stereocenters. The van der Waals surface area contributed by atoms with Crippen LogP contribution in [0.15, 0.2) is 42.7 Å². The molecule has 1 fully saturated rings. The summed E-state index contributed by atoms with van der Waals surface area (Å²) in [6.45, 7) is 1.97. The highest BCUT2D eigenvalue weighted by molar-refractivity contribution is 6.35. The van der Waals surface area contributed by atoms with Crippen molar-refractivity contribution in [2.45, 2.75) is 13.0 Å². The first-order valence-corrected chi connectivity index (χ1v) is 8.55. The molecule has 0 aliphatic carbocycles. The lowest BCUT2D eigenvalue weighted by Gasteiger charge is -2.31. The molecule has 3 aromatic rings. The van der Waals surface area contributed by atoms with Gasteiger partial charge in [0.1, 0.15) is 12.1 Å². The second kappa shape index (κ2) is 6.11. The Morgan fingerprint density at radius 3 is 2.71 bits per heavy atom. The first-order chi connectivity index (χ1) is 11.6. The Hall–Kier alpha value is -2.04. The minimum absolute atomic E-state index is 0.114. The molecular formula is C18H15Cl2N3O. The lowest BCUT2D eigenvalue weighted by atomic mass is 10.1. The average molecular weight is 360 g/mol. The van der Waals surface area contributed by atoms with Crippen LogP contribution in [0.25, 0.3) is 22.2 Å². The van der Waals surface area contributed by atoms with Crippen molar-refractivity contribution < 1.29 is 4.79 Å². The topological polar surface area (TPSA) is 38.1 Å². The van der Waals surface area contributed by atoms with E-state index >= 15 is 0 Å². The number of aromatic nitrogens is 2. The van der Waals surface area contributed by atoms with Gasteiger partial charge in [-0.25, -0.2) is 0 Å². The van der Waals surface area contributed by atoms with E-state index in [0.29, 0.717) is 15.6 Å². The number of hydrogen-bond donors (Lipinski definition) is 0. The first kappa shape index (κ1) is 15.5. The number of likely N-dealkylation sites (tertiary alicyclic amines) is 1. The predicted molar refractivity (Wildman–Crippen MR) is 96.4 cm³/mol. The van der Waals surface area contributed by atoms with Crippen LogP contribution in [0.4, 0.5) is 0 Å². The van der Waals surface area contributed by atoms with E-state index in [4.69, 9.17) is 23.2 Å². The number of fused-ring (bicyclic) bond motifs is 1. The summed E-state index contributed by atoms with van der Waals surface area (Å²) in [6, 6.07) is 9.62. The first-order valence-electron chi connectivity index (χ1n) is 7.80. The van der Waals surface area contributed by atoms with Crippen molar-refractivity contribution in [3.8, 4) is 11.1 Å². The van der Waals surface area contributed by atoms with Crippen LogP contribution >= 0.6 is 23.2 Å². The standard InChI is InChI=1S/C18H15Cl2N3O/c19-14-4-1-3-12(7-14)13-8-16-18(21-9-13)15(20)10-23(16)11-17(24)22-5-2-6-22/h1,3-4,7-10H,2,5-6,11H2. The summed E-state index contributed by atoms with van der Waals surface area (Å²) < 4.78 is 1.87. The zero-order valence-corrected chi connectivity index (χ0v) is 14.4. The summed E-state index contributed by atoms with van der Waals surface area (Å²) >= 11 is 12.4. The molecule has 122 valence electrons. The summed E-state index contributed by atoms with van der Waals surface area (Å²) in [6.07, 6.45) is 4.64. The molecule has 0 N–H and O–H groups in total. The van der Waals surface area contributed by atoms with Crippen molar-refractivity contribution in [3.05, 3.63) is 52.8 Å². The molecule has 1 aromatic carbocycles. The van der Waals surface area contributed by atoms with Crippen LogP contribution in [-0.2, 0) is 11.3 Å². The molecule has 0 saturated carbocycles. The van der Waals surface area contributed by atoms with Crippen molar-refractivity contribution in [2.75, 3.05) is 13.1 Å². The maximum Gasteiger partial charge on any atom is 0.242 e. The highest BCUT2D eigenvalue weighted by Crippen LogP contribution is 2.29. The fraction of sp³-hybridized carbons (Fsp3) is 0.222. The van der Waals surface area contributed by atoms with Crippen molar-refractivity contribution in [1.29, 1.82) is 0 Å². The molecule has 2 aromatic heterocycles. The maximum atomic E-state index is 12.3. The number of rotatable bonds is 3. The third-order valence-electron chi connectivity index (χ3n) is 4.34. The van der Waals surface area contributed by atoms with Crippen LogP contribution in [0.2, 0.25) is 10.0 Å². The van der Waals surface area contributed by atoms with Crippen LogP contribution in [-0.4, -0.2) is 33.4 Å². The van der Waals surface area contributed by atoms with Gasteiger partial charge in [0, 0.05) is 36.1 Å². The van der Waals surface area contributed by atoms with Gasteiger partial charge in [-0.15, -0.1) is 0 Å². The van der Waals surface area contributed by atoms with Gasteiger partial charge < -0.3 is 9.47 Å². The van der Waals surface area contributed by atoms with E-state index < -0.39 is 0 Å². The second-order valence-corrected chi connectivity index (χ2v) is 6.78. The molecule has 0 spiro atoms. The molecule has 1 saturated heterocycles. The molecule has 0 unspecified atom stereocenters. The fourth-order valence-corrected chi connectivity index (χ4v) is 3.35. The largest absolute Gasteiger partial charge is 0.341 e. The minimum Gasteiger partial charge on any atom is -0.341 e. The summed E-state index contributed by atoms with van der Waals surface area (Å²) in [7, 11) is 0. The Labute approximate surface area is 149 Å². The average Bonchev–Trinajstić information content (AvgIpc) is 2.81. The number of carbonyl (C=O) groups excluding carboxylic acids is 1. The molecule has 1 amide bonds. The van der Waals surface area contributed by atoms with Gasteiger partial charge in [-0.05, 0) is 30.2 Å². The number of amides is 1. The molecule has 24 heavy (non-hydrogen) atoms. The van der Waals surface area contributed by atoms with Gasteiger partial charge in [0.2, 0.25) is 5.91 Å². The molecule has 1 aliphatic heterocycles. The second-order valence-electron chi connectivity index (χ2n) is 5.94. The SMILES string of the molecule is O=C(Cn1cc(Cl)c2ncc(-c3cccc(Cl)c3)cc21)N1CCC1. The molecule has 1 aliphatic rings. The highest BCUT2D eigenvalue weighted by atomic mass is 35.5. The third-order valence-corrected chi connectivity index (χ3v) is 4.86. The van der Waals surface area contributed by atoms with Gasteiger partial charge in [-0.1, -0.05) is 35.3 Å². The Morgan fingerprint density at radius 2 is 2.00 bits per heavy atom. The number of carbonyl (C=O) groups is 1. The third kappa shape index (κ3) is 2.76. The van der Waals surface area contributed by atoms with Gasteiger partial charge in [0.15, 0.2) is 0 Å². The molecule has 3 heterocycles. The van der Waals surface area contributed by atoms with E-state index in [0.717, 1.165) is 36.2 Å². The number of halogens is 2. The smallest absolute Gasteiger partial charge is 0.242 e. The van der Waals surface area contributed by atoms with Crippen LogP contribution in [0, 0.1) is 0 Å². The molecule has 4 nitrogen and oxygen atoms in total. The lowest BCUT2D eigenvalue weighted by Crippen LogP contribution is -2.43. The minimum atomic E-state index is 0.114. The van der Waals surface area contributed by atoms with E-state index in [9.17, 15) is 4.79 Å². The van der Waals surface area contributed by atoms with E-state index in [1.165, 1.54) is 0 Å². The molecule has 4 rings (SSSR count). The Bertz CT molecular complexity index is 931. The van der Waals surface area contributed by atoms with E-state index in [2.05, 4.69) is 4.98 Å². The summed E-state index contributed by atoms with van der Waals surface area (Å²) in [5.74, 6) is 0.114. The van der Waals surface area contributed by atoms with Crippen molar-refractivity contribution in [3.63, 3.8) is 0 Å². The molecule has 6 heteroatoms. The van der Waals surface area contributed by atoms with Crippen LogP contribution in [0.5, 0.6) is 0 Å². The zero-order valence-electron chi connectivity index (χ0n) is 12.9. The zero-order chi connectivity index (χ0) is 16.7. The number of hydrogen-bond acceptors (Lipinski definition) is 2. The Balaban J connectivity index is 1.74. The monoisotopic (exact) mass is 359 g/mol. The summed E-state index contributed by atoms with van der Waals surface area (Å²) in [4.78, 5) is 18.6. The Morgan fingerprint density at radius 1 is 1.17 bits per heavy atom. The molecular weight excluding hydrogens is 345 g/mol. The normalized spacial score (nSPS) is 14.0.